The van der Waals surface area contributed by atoms with Gasteiger partial charge in [-0.1, -0.05) is 6.92 Å². The first-order chi connectivity index (χ1) is 20.2. The van der Waals surface area contributed by atoms with E-state index in [4.69, 9.17) is 16.2 Å². The van der Waals surface area contributed by atoms with Crippen molar-refractivity contribution in [3.63, 3.8) is 0 Å². The van der Waals surface area contributed by atoms with Crippen LogP contribution in [-0.4, -0.2) is 101 Å². The average Bonchev–Trinajstić information content (AvgIpc) is 2.97. The number of piperidine rings is 1. The highest BCUT2D eigenvalue weighted by Gasteiger charge is 2.33. The summed E-state index contributed by atoms with van der Waals surface area (Å²) in [5.41, 5.74) is 16.3. The minimum Gasteiger partial charge on any atom is -0.379 e. The Morgan fingerprint density at radius 2 is 1.90 bits per heavy atom. The Labute approximate surface area is 252 Å². The Hall–Kier alpha value is -2.24. The molecule has 236 valence electrons. The molecule has 0 bridgehead atoms. The van der Waals surface area contributed by atoms with E-state index in [2.05, 4.69) is 45.8 Å². The van der Waals surface area contributed by atoms with Crippen LogP contribution in [0, 0.1) is 18.8 Å². The maximum Gasteiger partial charge on any atom is 0.251 e. The molecule has 1 aromatic rings. The molecule has 4 rings (SSSR count). The van der Waals surface area contributed by atoms with Gasteiger partial charge in [-0.25, -0.2) is 0 Å². The number of morpholine rings is 1. The van der Waals surface area contributed by atoms with Crippen molar-refractivity contribution >= 4 is 17.5 Å². The van der Waals surface area contributed by atoms with Crippen LogP contribution in [0.5, 0.6) is 0 Å². The number of hydrogen-bond donors (Lipinski definition) is 5. The van der Waals surface area contributed by atoms with Gasteiger partial charge in [-0.2, -0.15) is 0 Å². The second kappa shape index (κ2) is 15.5. The number of nitrogens with zero attached hydrogens (tertiary/aromatic N) is 2. The summed E-state index contributed by atoms with van der Waals surface area (Å²) in [6, 6.07) is 5.08. The number of nitrogens with two attached hydrogens (primary N) is 2. The maximum atomic E-state index is 13.7. The predicted octanol–water partition coefficient (Wildman–Crippen LogP) is 1.56. The molecule has 42 heavy (non-hydrogen) atoms. The lowest BCUT2D eigenvalue weighted by atomic mass is 9.84. The Bertz CT molecular complexity index is 1040. The number of rotatable bonds is 12. The van der Waals surface area contributed by atoms with E-state index in [0.29, 0.717) is 24.7 Å². The first kappa shape index (κ1) is 32.7. The van der Waals surface area contributed by atoms with Crippen LogP contribution in [0.1, 0.15) is 73.4 Å². The summed E-state index contributed by atoms with van der Waals surface area (Å²) in [7, 11) is 2.14. The molecule has 1 aromatic carbocycles. The number of carbonyl (C=O) groups is 2. The fourth-order valence-corrected chi connectivity index (χ4v) is 6.90. The predicted molar refractivity (Wildman–Crippen MR) is 169 cm³/mol. The van der Waals surface area contributed by atoms with Gasteiger partial charge in [0.1, 0.15) is 0 Å². The summed E-state index contributed by atoms with van der Waals surface area (Å²) in [4.78, 5) is 31.2. The van der Waals surface area contributed by atoms with Gasteiger partial charge in [0, 0.05) is 88.2 Å². The standard InChI is InChI=1S/C32H55N7O3/c1-21-15-22(2)37-32(41)29(21)20-36-31(40)28-16-24(25(18-33)19-35-9-10-39-11-13-42-14-12-39)17-30(23(28)3)38(4)27-7-5-26(34)6-8-27/h16-17,21-22,25-27,29,35H,5-15,18-20,33-34H2,1-4H3,(H,36,40)(H,37,41)/t21?,22?,25?,26-,27+,29?. The molecule has 2 aliphatic heterocycles. The number of amides is 2. The smallest absolute Gasteiger partial charge is 0.251 e. The van der Waals surface area contributed by atoms with E-state index in [-0.39, 0.29) is 41.7 Å². The Balaban J connectivity index is 1.51. The van der Waals surface area contributed by atoms with Crippen LogP contribution >= 0.6 is 0 Å². The summed E-state index contributed by atoms with van der Waals surface area (Å²) >= 11 is 0. The van der Waals surface area contributed by atoms with Crippen LogP contribution in [0.15, 0.2) is 12.1 Å². The molecular weight excluding hydrogens is 530 g/mol. The molecule has 10 nitrogen and oxygen atoms in total. The van der Waals surface area contributed by atoms with Crippen LogP contribution < -0.4 is 32.3 Å². The van der Waals surface area contributed by atoms with Gasteiger partial charge in [-0.3, -0.25) is 14.5 Å². The van der Waals surface area contributed by atoms with Gasteiger partial charge < -0.3 is 37.1 Å². The number of hydrogen-bond acceptors (Lipinski definition) is 8. The highest BCUT2D eigenvalue weighted by molar-refractivity contribution is 5.97. The molecule has 2 heterocycles. The summed E-state index contributed by atoms with van der Waals surface area (Å²) < 4.78 is 5.46. The normalized spacial score (nSPS) is 27.8. The van der Waals surface area contributed by atoms with Crippen molar-refractivity contribution in [3.8, 4) is 0 Å². The van der Waals surface area contributed by atoms with Crippen molar-refractivity contribution in [2.75, 3.05) is 71.0 Å². The van der Waals surface area contributed by atoms with Crippen molar-refractivity contribution < 1.29 is 14.3 Å². The third kappa shape index (κ3) is 8.44. The lowest BCUT2D eigenvalue weighted by Gasteiger charge is -2.36. The van der Waals surface area contributed by atoms with Crippen LogP contribution in [0.3, 0.4) is 0 Å². The minimum absolute atomic E-state index is 0.0225. The number of carbonyl (C=O) groups excluding carboxylic acids is 2. The number of ether oxygens (including phenoxy) is 1. The van der Waals surface area contributed by atoms with E-state index in [1.807, 2.05) is 19.9 Å². The molecule has 7 N–H and O–H groups in total. The molecule has 3 aliphatic rings. The zero-order valence-electron chi connectivity index (χ0n) is 26.3. The Morgan fingerprint density at radius 1 is 1.19 bits per heavy atom. The molecule has 1 saturated carbocycles. The highest BCUT2D eigenvalue weighted by atomic mass is 16.5. The van der Waals surface area contributed by atoms with Crippen molar-refractivity contribution in [1.82, 2.24) is 20.9 Å². The van der Waals surface area contributed by atoms with Crippen LogP contribution in [0.2, 0.25) is 0 Å². The van der Waals surface area contributed by atoms with E-state index in [1.165, 1.54) is 0 Å². The molecule has 4 unspecified atom stereocenters. The molecule has 1 aliphatic carbocycles. The fourth-order valence-electron chi connectivity index (χ4n) is 6.90. The Morgan fingerprint density at radius 3 is 2.57 bits per heavy atom. The molecule has 2 saturated heterocycles. The van der Waals surface area contributed by atoms with Crippen LogP contribution in [-0.2, 0) is 9.53 Å². The molecule has 10 heteroatoms. The molecule has 3 fully saturated rings. The van der Waals surface area contributed by atoms with Gasteiger partial charge in [0.2, 0.25) is 5.91 Å². The van der Waals surface area contributed by atoms with E-state index >= 15 is 0 Å². The third-order valence-electron chi connectivity index (χ3n) is 9.79. The van der Waals surface area contributed by atoms with Gasteiger partial charge in [-0.15, -0.1) is 0 Å². The van der Waals surface area contributed by atoms with E-state index in [1.54, 1.807) is 0 Å². The molecule has 0 radical (unpaired) electrons. The minimum atomic E-state index is -0.227. The zero-order chi connectivity index (χ0) is 30.2. The summed E-state index contributed by atoms with van der Waals surface area (Å²) in [5.74, 6) is -0.0567. The molecule has 2 amide bonds. The van der Waals surface area contributed by atoms with Gasteiger partial charge in [0.05, 0.1) is 19.1 Å². The van der Waals surface area contributed by atoms with Gasteiger partial charge in [0.25, 0.3) is 5.91 Å². The third-order valence-corrected chi connectivity index (χ3v) is 9.79. The lowest BCUT2D eigenvalue weighted by molar-refractivity contribution is -0.129. The second-order valence-electron chi connectivity index (χ2n) is 12.9. The monoisotopic (exact) mass is 585 g/mol. The SMILES string of the molecule is Cc1c(C(=O)NCC2C(=O)NC(C)CC2C)cc(C(CN)CNCCN2CCOCC2)cc1N(C)[C@H]1CC[C@@H](N)CC1. The zero-order valence-corrected chi connectivity index (χ0v) is 26.3. The lowest BCUT2D eigenvalue weighted by Crippen LogP contribution is -2.50. The number of benzene rings is 1. The molecule has 0 spiro atoms. The quantitative estimate of drug-likeness (QED) is 0.233. The maximum absolute atomic E-state index is 13.7. The molecule has 0 aromatic heterocycles. The molecule has 4 atom stereocenters. The summed E-state index contributed by atoms with van der Waals surface area (Å²) in [6.45, 7) is 13.1. The van der Waals surface area contributed by atoms with Crippen molar-refractivity contribution in [3.05, 3.63) is 28.8 Å². The van der Waals surface area contributed by atoms with Crippen molar-refractivity contribution in [2.45, 2.75) is 76.9 Å². The number of anilines is 1. The van der Waals surface area contributed by atoms with Gasteiger partial charge in [0.15, 0.2) is 0 Å². The summed E-state index contributed by atoms with van der Waals surface area (Å²) in [6.07, 6.45) is 5.02. The average molecular weight is 586 g/mol. The van der Waals surface area contributed by atoms with E-state index in [0.717, 1.165) is 94.9 Å². The largest absolute Gasteiger partial charge is 0.379 e. The van der Waals surface area contributed by atoms with Crippen molar-refractivity contribution in [1.29, 1.82) is 0 Å². The van der Waals surface area contributed by atoms with E-state index < -0.39 is 0 Å². The molecular formula is C32H55N7O3. The summed E-state index contributed by atoms with van der Waals surface area (Å²) in [5, 5.41) is 9.76. The Kier molecular flexibility index (Phi) is 12.0. The highest BCUT2D eigenvalue weighted by Crippen LogP contribution is 2.33. The van der Waals surface area contributed by atoms with Gasteiger partial charge in [-0.05, 0) is 75.1 Å². The first-order valence-electron chi connectivity index (χ1n) is 16.1. The number of nitrogens with one attached hydrogen (secondary N) is 3. The fraction of sp³-hybridized carbons (Fsp3) is 0.750. The van der Waals surface area contributed by atoms with Crippen LogP contribution in [0.25, 0.3) is 0 Å². The second-order valence-corrected chi connectivity index (χ2v) is 12.9. The van der Waals surface area contributed by atoms with Crippen LogP contribution in [0.4, 0.5) is 5.69 Å². The van der Waals surface area contributed by atoms with Gasteiger partial charge >= 0.3 is 0 Å². The first-order valence-corrected chi connectivity index (χ1v) is 16.1. The van der Waals surface area contributed by atoms with Crippen molar-refractivity contribution in [2.24, 2.45) is 23.3 Å². The van der Waals surface area contributed by atoms with E-state index in [9.17, 15) is 9.59 Å². The topological polar surface area (TPSA) is 138 Å².